The van der Waals surface area contributed by atoms with E-state index in [1.165, 1.54) is 23.5 Å². The molecule has 0 aliphatic rings. The molecular formula is C24H17F3N2OS. The molecule has 0 unspecified atom stereocenters. The van der Waals surface area contributed by atoms with E-state index in [0.29, 0.717) is 11.3 Å². The first-order valence-corrected chi connectivity index (χ1v) is 10.3. The van der Waals surface area contributed by atoms with Crippen molar-refractivity contribution < 1.29 is 18.0 Å². The van der Waals surface area contributed by atoms with Gasteiger partial charge < -0.3 is 5.32 Å². The molecule has 7 heteroatoms. The summed E-state index contributed by atoms with van der Waals surface area (Å²) in [4.78, 5) is 17.0. The van der Waals surface area contributed by atoms with Crippen molar-refractivity contribution >= 4 is 22.9 Å². The lowest BCUT2D eigenvalue weighted by Crippen LogP contribution is -2.15. The van der Waals surface area contributed by atoms with Crippen LogP contribution in [0.1, 0.15) is 11.1 Å². The molecule has 0 aliphatic heterocycles. The minimum atomic E-state index is -4.44. The van der Waals surface area contributed by atoms with Gasteiger partial charge in [0.15, 0.2) is 0 Å². The molecule has 0 spiro atoms. The van der Waals surface area contributed by atoms with Crippen LogP contribution in [0.25, 0.3) is 21.8 Å². The van der Waals surface area contributed by atoms with Crippen LogP contribution in [0.4, 0.5) is 18.9 Å². The number of aromatic nitrogens is 1. The topological polar surface area (TPSA) is 42.0 Å². The molecule has 1 aromatic heterocycles. The lowest BCUT2D eigenvalue weighted by atomic mass is 10.1. The van der Waals surface area contributed by atoms with Crippen molar-refractivity contribution in [1.29, 1.82) is 0 Å². The van der Waals surface area contributed by atoms with E-state index in [0.717, 1.165) is 34.0 Å². The minimum Gasteiger partial charge on any atom is -0.326 e. The Kier molecular flexibility index (Phi) is 5.86. The Morgan fingerprint density at radius 3 is 2.42 bits per heavy atom. The summed E-state index contributed by atoms with van der Waals surface area (Å²) in [5.74, 6) is -0.389. The van der Waals surface area contributed by atoms with E-state index in [-0.39, 0.29) is 12.3 Å². The van der Waals surface area contributed by atoms with Gasteiger partial charge in [0.2, 0.25) is 5.91 Å². The standard InChI is InChI=1S/C24H17F3N2OS/c25-24(26,27)19-10-4-6-16(12-19)13-22(30)28-20-11-5-9-18(14-20)21-15-31-23(29-21)17-7-2-1-3-8-17/h1-12,14-15H,13H2,(H,28,30). The van der Waals surface area contributed by atoms with E-state index in [1.807, 2.05) is 41.8 Å². The van der Waals surface area contributed by atoms with E-state index in [9.17, 15) is 18.0 Å². The van der Waals surface area contributed by atoms with Crippen LogP contribution in [0.5, 0.6) is 0 Å². The summed E-state index contributed by atoms with van der Waals surface area (Å²) in [7, 11) is 0. The number of nitrogens with zero attached hydrogens (tertiary/aromatic N) is 1. The lowest BCUT2D eigenvalue weighted by Gasteiger charge is -2.10. The second kappa shape index (κ2) is 8.73. The summed E-state index contributed by atoms with van der Waals surface area (Å²) >= 11 is 1.53. The summed E-state index contributed by atoms with van der Waals surface area (Å²) in [5, 5.41) is 5.60. The predicted octanol–water partition coefficient (Wildman–Crippen LogP) is 6.68. The van der Waals surface area contributed by atoms with Gasteiger partial charge in [0.25, 0.3) is 0 Å². The molecule has 0 aliphatic carbocycles. The van der Waals surface area contributed by atoms with Crippen molar-refractivity contribution in [2.24, 2.45) is 0 Å². The fourth-order valence-electron chi connectivity index (χ4n) is 3.12. The summed E-state index contributed by atoms with van der Waals surface area (Å²) in [6, 6.07) is 21.9. The number of alkyl halides is 3. The molecule has 1 amide bonds. The van der Waals surface area contributed by atoms with E-state index in [1.54, 1.807) is 18.2 Å². The SMILES string of the molecule is O=C(Cc1cccc(C(F)(F)F)c1)Nc1cccc(-c2csc(-c3ccccc3)n2)c1. The van der Waals surface area contributed by atoms with Crippen LogP contribution >= 0.6 is 11.3 Å². The molecule has 156 valence electrons. The molecular weight excluding hydrogens is 421 g/mol. The third-order valence-corrected chi connectivity index (χ3v) is 5.48. The molecule has 0 atom stereocenters. The number of carbonyl (C=O) groups excluding carboxylic acids is 1. The summed E-state index contributed by atoms with van der Waals surface area (Å²) in [5.41, 5.74) is 2.76. The normalized spacial score (nSPS) is 11.3. The van der Waals surface area contributed by atoms with Crippen LogP contribution in [0, 0.1) is 0 Å². The van der Waals surface area contributed by atoms with Crippen molar-refractivity contribution in [2.45, 2.75) is 12.6 Å². The fourth-order valence-corrected chi connectivity index (χ4v) is 3.96. The number of hydrogen-bond acceptors (Lipinski definition) is 3. The number of anilines is 1. The Morgan fingerprint density at radius 2 is 1.65 bits per heavy atom. The Morgan fingerprint density at radius 1 is 0.903 bits per heavy atom. The molecule has 0 fully saturated rings. The largest absolute Gasteiger partial charge is 0.416 e. The molecule has 0 saturated carbocycles. The Labute approximate surface area is 181 Å². The van der Waals surface area contributed by atoms with Crippen molar-refractivity contribution in [3.63, 3.8) is 0 Å². The molecule has 1 N–H and O–H groups in total. The molecule has 0 bridgehead atoms. The summed E-state index contributed by atoms with van der Waals surface area (Å²) in [6.07, 6.45) is -4.59. The van der Waals surface area contributed by atoms with Crippen LogP contribution in [0.15, 0.2) is 84.2 Å². The van der Waals surface area contributed by atoms with Crippen LogP contribution in [-0.4, -0.2) is 10.9 Å². The number of carbonyl (C=O) groups is 1. The number of nitrogens with one attached hydrogen (secondary N) is 1. The summed E-state index contributed by atoms with van der Waals surface area (Å²) < 4.78 is 38.6. The Balaban J connectivity index is 1.47. The highest BCUT2D eigenvalue weighted by Crippen LogP contribution is 2.31. The van der Waals surface area contributed by atoms with Gasteiger partial charge in [-0.3, -0.25) is 4.79 Å². The van der Waals surface area contributed by atoms with Crippen LogP contribution in [0.2, 0.25) is 0 Å². The smallest absolute Gasteiger partial charge is 0.326 e. The van der Waals surface area contributed by atoms with E-state index >= 15 is 0 Å². The molecule has 3 nitrogen and oxygen atoms in total. The van der Waals surface area contributed by atoms with Gasteiger partial charge in [-0.15, -0.1) is 11.3 Å². The molecule has 31 heavy (non-hydrogen) atoms. The number of halogens is 3. The maximum absolute atomic E-state index is 12.9. The molecule has 0 radical (unpaired) electrons. The number of rotatable bonds is 5. The molecule has 1 heterocycles. The van der Waals surface area contributed by atoms with Gasteiger partial charge in [0.05, 0.1) is 17.7 Å². The number of benzene rings is 3. The first-order valence-electron chi connectivity index (χ1n) is 9.46. The molecule has 4 rings (SSSR count). The van der Waals surface area contributed by atoms with Gasteiger partial charge in [0, 0.05) is 22.2 Å². The average Bonchev–Trinajstić information content (AvgIpc) is 3.24. The van der Waals surface area contributed by atoms with Crippen molar-refractivity contribution in [3.05, 3.63) is 95.4 Å². The Bertz CT molecular complexity index is 1200. The third kappa shape index (κ3) is 5.19. The zero-order valence-electron chi connectivity index (χ0n) is 16.2. The van der Waals surface area contributed by atoms with Gasteiger partial charge in [-0.25, -0.2) is 4.98 Å². The van der Waals surface area contributed by atoms with Crippen LogP contribution in [-0.2, 0) is 17.4 Å². The van der Waals surface area contributed by atoms with E-state index < -0.39 is 11.7 Å². The van der Waals surface area contributed by atoms with E-state index in [4.69, 9.17) is 0 Å². The van der Waals surface area contributed by atoms with Crippen molar-refractivity contribution in [1.82, 2.24) is 4.98 Å². The average molecular weight is 438 g/mol. The van der Waals surface area contributed by atoms with Gasteiger partial charge in [0.1, 0.15) is 5.01 Å². The molecule has 3 aromatic carbocycles. The first-order chi connectivity index (χ1) is 14.9. The highest BCUT2D eigenvalue weighted by Gasteiger charge is 2.30. The zero-order valence-corrected chi connectivity index (χ0v) is 17.0. The fraction of sp³-hybridized carbons (Fsp3) is 0.0833. The quantitative estimate of drug-likeness (QED) is 0.378. The first kappa shape index (κ1) is 20.8. The monoisotopic (exact) mass is 438 g/mol. The third-order valence-electron chi connectivity index (χ3n) is 4.59. The van der Waals surface area contributed by atoms with Gasteiger partial charge >= 0.3 is 6.18 Å². The minimum absolute atomic E-state index is 0.150. The van der Waals surface area contributed by atoms with Gasteiger partial charge in [-0.2, -0.15) is 13.2 Å². The maximum atomic E-state index is 12.9. The molecule has 4 aromatic rings. The van der Waals surface area contributed by atoms with Crippen LogP contribution < -0.4 is 5.32 Å². The van der Waals surface area contributed by atoms with Crippen molar-refractivity contribution in [3.8, 4) is 21.8 Å². The number of amides is 1. The van der Waals surface area contributed by atoms with E-state index in [2.05, 4.69) is 10.3 Å². The summed E-state index contributed by atoms with van der Waals surface area (Å²) in [6.45, 7) is 0. The van der Waals surface area contributed by atoms with Crippen molar-refractivity contribution in [2.75, 3.05) is 5.32 Å². The van der Waals surface area contributed by atoms with Crippen LogP contribution in [0.3, 0.4) is 0 Å². The highest BCUT2D eigenvalue weighted by atomic mass is 32.1. The predicted molar refractivity (Wildman–Crippen MR) is 117 cm³/mol. The van der Waals surface area contributed by atoms with Gasteiger partial charge in [-0.1, -0.05) is 60.7 Å². The number of hydrogen-bond donors (Lipinski definition) is 1. The second-order valence-electron chi connectivity index (χ2n) is 6.91. The zero-order chi connectivity index (χ0) is 21.8. The Hall–Kier alpha value is -3.45. The second-order valence-corrected chi connectivity index (χ2v) is 7.77. The maximum Gasteiger partial charge on any atom is 0.416 e. The number of thiazole rings is 1. The molecule has 0 saturated heterocycles. The lowest BCUT2D eigenvalue weighted by molar-refractivity contribution is -0.137. The highest BCUT2D eigenvalue weighted by molar-refractivity contribution is 7.13. The van der Waals surface area contributed by atoms with Gasteiger partial charge in [-0.05, 0) is 23.8 Å².